The number of aryl methyl sites for hydroxylation is 1. The third kappa shape index (κ3) is 3.69. The SMILES string of the molecule is Cc1ccc(Cn2c(C(=O)NCCN3CCCC3)cc3ccsc32)cc1. The summed E-state index contributed by atoms with van der Waals surface area (Å²) in [6, 6.07) is 12.6. The van der Waals surface area contributed by atoms with Gasteiger partial charge in [0.25, 0.3) is 5.91 Å². The van der Waals surface area contributed by atoms with Crippen molar-refractivity contribution in [3.8, 4) is 0 Å². The van der Waals surface area contributed by atoms with Crippen LogP contribution >= 0.6 is 11.3 Å². The number of carbonyl (C=O) groups is 1. The van der Waals surface area contributed by atoms with Crippen molar-refractivity contribution in [2.45, 2.75) is 26.3 Å². The van der Waals surface area contributed by atoms with Gasteiger partial charge in [-0.1, -0.05) is 29.8 Å². The van der Waals surface area contributed by atoms with Gasteiger partial charge in [-0.25, -0.2) is 0 Å². The molecule has 5 heteroatoms. The zero-order valence-corrected chi connectivity index (χ0v) is 16.0. The zero-order chi connectivity index (χ0) is 17.9. The first kappa shape index (κ1) is 17.3. The molecule has 0 spiro atoms. The zero-order valence-electron chi connectivity index (χ0n) is 15.2. The molecule has 1 fully saturated rings. The highest BCUT2D eigenvalue weighted by atomic mass is 32.1. The van der Waals surface area contributed by atoms with Crippen LogP contribution in [0.2, 0.25) is 0 Å². The van der Waals surface area contributed by atoms with Crippen molar-refractivity contribution in [1.82, 2.24) is 14.8 Å². The molecular formula is C21H25N3OS. The van der Waals surface area contributed by atoms with Gasteiger partial charge in [0, 0.05) is 25.0 Å². The van der Waals surface area contributed by atoms with Crippen LogP contribution in [0.5, 0.6) is 0 Å². The Kier molecular flexibility index (Phi) is 5.09. The van der Waals surface area contributed by atoms with Gasteiger partial charge < -0.3 is 14.8 Å². The number of likely N-dealkylation sites (tertiary alicyclic amines) is 1. The molecule has 0 unspecified atom stereocenters. The first-order chi connectivity index (χ1) is 12.7. The maximum absolute atomic E-state index is 12.8. The number of amides is 1. The quantitative estimate of drug-likeness (QED) is 0.718. The molecule has 1 aliphatic rings. The van der Waals surface area contributed by atoms with E-state index in [1.165, 1.54) is 24.0 Å². The molecule has 2 aromatic heterocycles. The molecule has 0 aliphatic carbocycles. The number of hydrogen-bond donors (Lipinski definition) is 1. The van der Waals surface area contributed by atoms with Crippen molar-refractivity contribution in [2.75, 3.05) is 26.2 Å². The van der Waals surface area contributed by atoms with E-state index in [4.69, 9.17) is 0 Å². The van der Waals surface area contributed by atoms with Gasteiger partial charge in [-0.3, -0.25) is 4.79 Å². The third-order valence-corrected chi connectivity index (χ3v) is 6.06. The summed E-state index contributed by atoms with van der Waals surface area (Å²) < 4.78 is 2.15. The van der Waals surface area contributed by atoms with E-state index in [9.17, 15) is 4.79 Å². The summed E-state index contributed by atoms with van der Waals surface area (Å²) in [6.07, 6.45) is 2.56. The number of aromatic nitrogens is 1. The van der Waals surface area contributed by atoms with Crippen LogP contribution in [0, 0.1) is 6.92 Å². The lowest BCUT2D eigenvalue weighted by atomic mass is 10.1. The molecule has 1 saturated heterocycles. The van der Waals surface area contributed by atoms with Gasteiger partial charge in [-0.15, -0.1) is 11.3 Å². The maximum atomic E-state index is 12.8. The molecule has 0 bridgehead atoms. The molecular weight excluding hydrogens is 342 g/mol. The Morgan fingerprint density at radius 1 is 1.15 bits per heavy atom. The lowest BCUT2D eigenvalue weighted by Crippen LogP contribution is -2.34. The van der Waals surface area contributed by atoms with Crippen LogP contribution in [0.3, 0.4) is 0 Å². The average molecular weight is 368 g/mol. The molecule has 4 nitrogen and oxygen atoms in total. The first-order valence-electron chi connectivity index (χ1n) is 9.33. The number of thiophene rings is 1. The minimum absolute atomic E-state index is 0.0275. The van der Waals surface area contributed by atoms with Gasteiger partial charge >= 0.3 is 0 Å². The Balaban J connectivity index is 1.51. The number of nitrogens with one attached hydrogen (secondary N) is 1. The fourth-order valence-electron chi connectivity index (χ4n) is 3.62. The van der Waals surface area contributed by atoms with Gasteiger partial charge in [-0.2, -0.15) is 0 Å². The molecule has 1 aliphatic heterocycles. The highest BCUT2D eigenvalue weighted by Crippen LogP contribution is 2.26. The standard InChI is InChI=1S/C21H25N3OS/c1-16-4-6-17(7-5-16)15-24-19(14-18-8-13-26-21(18)24)20(25)22-9-12-23-10-2-3-11-23/h4-8,13-14H,2-3,9-12,15H2,1H3,(H,22,25). The van der Waals surface area contributed by atoms with E-state index in [1.807, 2.05) is 6.07 Å². The first-order valence-corrected chi connectivity index (χ1v) is 10.2. The Morgan fingerprint density at radius 3 is 2.69 bits per heavy atom. The summed E-state index contributed by atoms with van der Waals surface area (Å²) in [5.41, 5.74) is 3.23. The topological polar surface area (TPSA) is 37.3 Å². The van der Waals surface area contributed by atoms with E-state index in [-0.39, 0.29) is 5.91 Å². The van der Waals surface area contributed by atoms with Crippen molar-refractivity contribution in [1.29, 1.82) is 0 Å². The van der Waals surface area contributed by atoms with E-state index < -0.39 is 0 Å². The van der Waals surface area contributed by atoms with E-state index in [2.05, 4.69) is 57.4 Å². The molecule has 0 saturated carbocycles. The molecule has 3 heterocycles. The summed E-state index contributed by atoms with van der Waals surface area (Å²) >= 11 is 1.69. The fourth-order valence-corrected chi connectivity index (χ4v) is 4.52. The van der Waals surface area contributed by atoms with E-state index in [0.717, 1.165) is 42.1 Å². The summed E-state index contributed by atoms with van der Waals surface area (Å²) in [7, 11) is 0. The normalized spacial score (nSPS) is 15.0. The van der Waals surface area contributed by atoms with Crippen LogP contribution in [0.1, 0.15) is 34.5 Å². The Labute approximate surface area is 158 Å². The minimum Gasteiger partial charge on any atom is -0.349 e. The van der Waals surface area contributed by atoms with Gasteiger partial charge in [0.15, 0.2) is 0 Å². The molecule has 4 rings (SSSR count). The smallest absolute Gasteiger partial charge is 0.268 e. The Morgan fingerprint density at radius 2 is 1.92 bits per heavy atom. The molecule has 26 heavy (non-hydrogen) atoms. The number of rotatable bonds is 6. The van der Waals surface area contributed by atoms with Crippen LogP contribution in [0.25, 0.3) is 10.2 Å². The van der Waals surface area contributed by atoms with Crippen molar-refractivity contribution >= 4 is 27.5 Å². The van der Waals surface area contributed by atoms with Gasteiger partial charge in [-0.05, 0) is 55.9 Å². The van der Waals surface area contributed by atoms with Crippen molar-refractivity contribution in [3.05, 3.63) is 58.6 Å². The molecule has 3 aromatic rings. The second-order valence-corrected chi connectivity index (χ2v) is 7.98. The lowest BCUT2D eigenvalue weighted by molar-refractivity contribution is 0.0941. The van der Waals surface area contributed by atoms with Crippen LogP contribution in [0.15, 0.2) is 41.8 Å². The lowest BCUT2D eigenvalue weighted by Gasteiger charge is -2.15. The van der Waals surface area contributed by atoms with Gasteiger partial charge in [0.05, 0.1) is 0 Å². The van der Waals surface area contributed by atoms with E-state index in [1.54, 1.807) is 11.3 Å². The highest BCUT2D eigenvalue weighted by Gasteiger charge is 2.17. The number of carbonyl (C=O) groups excluding carboxylic acids is 1. The molecule has 0 atom stereocenters. The van der Waals surface area contributed by atoms with Crippen molar-refractivity contribution in [3.63, 3.8) is 0 Å². The molecule has 1 N–H and O–H groups in total. The van der Waals surface area contributed by atoms with Crippen molar-refractivity contribution < 1.29 is 4.79 Å². The molecule has 0 radical (unpaired) electrons. The van der Waals surface area contributed by atoms with Gasteiger partial charge in [0.2, 0.25) is 0 Å². The largest absolute Gasteiger partial charge is 0.349 e. The van der Waals surface area contributed by atoms with Crippen LogP contribution in [0.4, 0.5) is 0 Å². The predicted molar refractivity (Wildman–Crippen MR) is 108 cm³/mol. The van der Waals surface area contributed by atoms with Gasteiger partial charge in [0.1, 0.15) is 10.5 Å². The number of nitrogens with zero attached hydrogens (tertiary/aromatic N) is 2. The van der Waals surface area contributed by atoms with Crippen LogP contribution < -0.4 is 5.32 Å². The second kappa shape index (κ2) is 7.64. The van der Waals surface area contributed by atoms with Crippen LogP contribution in [-0.2, 0) is 6.54 Å². The Hall–Kier alpha value is -2.11. The summed E-state index contributed by atoms with van der Waals surface area (Å²) in [4.78, 5) is 16.4. The summed E-state index contributed by atoms with van der Waals surface area (Å²) in [6.45, 7) is 6.79. The van der Waals surface area contributed by atoms with E-state index in [0.29, 0.717) is 6.54 Å². The molecule has 136 valence electrons. The summed E-state index contributed by atoms with van der Waals surface area (Å²) in [5, 5.41) is 6.35. The second-order valence-electron chi connectivity index (χ2n) is 7.09. The fraction of sp³-hybridized carbons (Fsp3) is 0.381. The average Bonchev–Trinajstić information content (AvgIpc) is 3.35. The van der Waals surface area contributed by atoms with Crippen molar-refractivity contribution in [2.24, 2.45) is 0 Å². The Bertz CT molecular complexity index is 888. The number of benzene rings is 1. The maximum Gasteiger partial charge on any atom is 0.268 e. The summed E-state index contributed by atoms with van der Waals surface area (Å²) in [5.74, 6) is 0.0275. The number of hydrogen-bond acceptors (Lipinski definition) is 3. The molecule has 1 aromatic carbocycles. The highest BCUT2D eigenvalue weighted by molar-refractivity contribution is 7.16. The molecule has 1 amide bonds. The predicted octanol–water partition coefficient (Wildman–Crippen LogP) is 3.89. The van der Waals surface area contributed by atoms with E-state index >= 15 is 0 Å². The van der Waals surface area contributed by atoms with Crippen LogP contribution in [-0.4, -0.2) is 41.6 Å². The number of fused-ring (bicyclic) bond motifs is 1. The monoisotopic (exact) mass is 367 g/mol. The minimum atomic E-state index is 0.0275. The third-order valence-electron chi connectivity index (χ3n) is 5.11.